The minimum Gasteiger partial charge on any atom is -0.353 e. The lowest BCUT2D eigenvalue weighted by molar-refractivity contribution is -0.116. The normalized spacial score (nSPS) is 11.1. The van der Waals surface area contributed by atoms with Crippen LogP contribution in [-0.4, -0.2) is 32.0 Å². The summed E-state index contributed by atoms with van der Waals surface area (Å²) in [6, 6.07) is 7.10. The zero-order chi connectivity index (χ0) is 18.2. The summed E-state index contributed by atoms with van der Waals surface area (Å²) in [4.78, 5) is 36.3. The van der Waals surface area contributed by atoms with Crippen LogP contribution in [0.3, 0.4) is 0 Å². The van der Waals surface area contributed by atoms with Gasteiger partial charge in [0.15, 0.2) is 0 Å². The molecule has 2 heterocycles. The van der Waals surface area contributed by atoms with E-state index < -0.39 is 0 Å². The fraction of sp³-hybridized carbons (Fsp3) is 0.211. The van der Waals surface area contributed by atoms with Gasteiger partial charge in [-0.1, -0.05) is 12.1 Å². The van der Waals surface area contributed by atoms with E-state index in [9.17, 15) is 9.59 Å². The summed E-state index contributed by atoms with van der Waals surface area (Å²) >= 11 is 0. The number of unbranched alkanes of at least 4 members (excludes halogenated alkanes) is 1. The van der Waals surface area contributed by atoms with Crippen LogP contribution >= 0.6 is 0 Å². The van der Waals surface area contributed by atoms with E-state index in [4.69, 9.17) is 0 Å². The van der Waals surface area contributed by atoms with Crippen LogP contribution in [0, 0.1) is 0 Å². The van der Waals surface area contributed by atoms with Crippen molar-refractivity contribution in [3.05, 3.63) is 71.3 Å². The van der Waals surface area contributed by atoms with Crippen molar-refractivity contribution in [2.45, 2.75) is 19.3 Å². The standard InChI is InChI=1S/C19H19N5O2/c25-18(22-9-4-3-5-15-11-20-13-21-12-15)8-10-24-14-23-17-7-2-1-6-16(17)19(24)26/h1-2,6-8,10-14H,3-5,9H2,(H,22,25)/b10-8+. The summed E-state index contributed by atoms with van der Waals surface area (Å²) in [5, 5.41) is 3.32. The Morgan fingerprint density at radius 1 is 1.15 bits per heavy atom. The number of hydrogen-bond acceptors (Lipinski definition) is 5. The minimum absolute atomic E-state index is 0.204. The SMILES string of the molecule is O=C(/C=C/n1cnc2ccccc2c1=O)NCCCCc1cncnc1. The molecule has 0 unspecified atom stereocenters. The van der Waals surface area contributed by atoms with Gasteiger partial charge >= 0.3 is 0 Å². The lowest BCUT2D eigenvalue weighted by Crippen LogP contribution is -2.23. The average Bonchev–Trinajstić information content (AvgIpc) is 2.68. The molecule has 0 spiro atoms. The maximum Gasteiger partial charge on any atom is 0.265 e. The number of carbonyl (C=O) groups is 1. The maximum atomic E-state index is 12.3. The van der Waals surface area contributed by atoms with Crippen molar-refractivity contribution in [2.75, 3.05) is 6.54 Å². The highest BCUT2D eigenvalue weighted by Gasteiger charge is 2.02. The van der Waals surface area contributed by atoms with Crippen molar-refractivity contribution >= 4 is 23.0 Å². The van der Waals surface area contributed by atoms with Gasteiger partial charge in [0, 0.05) is 31.2 Å². The van der Waals surface area contributed by atoms with Crippen molar-refractivity contribution in [1.82, 2.24) is 24.8 Å². The topological polar surface area (TPSA) is 89.8 Å². The third-order valence-corrected chi connectivity index (χ3v) is 3.88. The summed E-state index contributed by atoms with van der Waals surface area (Å²) in [5.74, 6) is -0.242. The molecule has 1 aromatic carbocycles. The van der Waals surface area contributed by atoms with Crippen molar-refractivity contribution in [3.8, 4) is 0 Å². The number of benzene rings is 1. The van der Waals surface area contributed by atoms with Gasteiger partial charge in [-0.15, -0.1) is 0 Å². The molecule has 7 heteroatoms. The van der Waals surface area contributed by atoms with E-state index in [1.165, 1.54) is 29.5 Å². The fourth-order valence-electron chi connectivity index (χ4n) is 2.52. The molecule has 0 aliphatic heterocycles. The molecule has 26 heavy (non-hydrogen) atoms. The van der Waals surface area contributed by atoms with Crippen molar-refractivity contribution < 1.29 is 4.79 Å². The minimum atomic E-state index is -0.242. The highest BCUT2D eigenvalue weighted by molar-refractivity contribution is 5.90. The van der Waals surface area contributed by atoms with Gasteiger partial charge < -0.3 is 5.32 Å². The molecule has 3 rings (SSSR count). The quantitative estimate of drug-likeness (QED) is 0.519. The third kappa shape index (κ3) is 4.60. The van der Waals surface area contributed by atoms with Gasteiger partial charge in [0.05, 0.1) is 10.9 Å². The number of carbonyl (C=O) groups excluding carboxylic acids is 1. The Bertz CT molecular complexity index is 966. The van der Waals surface area contributed by atoms with Crippen LogP contribution in [0.15, 0.2) is 60.2 Å². The first-order chi connectivity index (χ1) is 12.7. The number of aryl methyl sites for hydroxylation is 1. The van der Waals surface area contributed by atoms with Crippen LogP contribution in [0.1, 0.15) is 18.4 Å². The van der Waals surface area contributed by atoms with Gasteiger partial charge in [0.25, 0.3) is 5.56 Å². The number of hydrogen-bond donors (Lipinski definition) is 1. The van der Waals surface area contributed by atoms with E-state index in [1.54, 1.807) is 30.6 Å². The number of amides is 1. The monoisotopic (exact) mass is 349 g/mol. The Kier molecular flexibility index (Phi) is 5.82. The number of nitrogens with one attached hydrogen (secondary N) is 1. The molecule has 7 nitrogen and oxygen atoms in total. The largest absolute Gasteiger partial charge is 0.353 e. The van der Waals surface area contributed by atoms with Crippen LogP contribution in [-0.2, 0) is 11.2 Å². The first-order valence-electron chi connectivity index (χ1n) is 8.40. The molecule has 0 saturated carbocycles. The highest BCUT2D eigenvalue weighted by atomic mass is 16.1. The summed E-state index contributed by atoms with van der Waals surface area (Å²) in [6.45, 7) is 0.571. The van der Waals surface area contributed by atoms with Crippen LogP contribution in [0.5, 0.6) is 0 Å². The Labute approximate surface area is 150 Å². The predicted molar refractivity (Wildman–Crippen MR) is 99.3 cm³/mol. The second-order valence-electron chi connectivity index (χ2n) is 5.78. The molecule has 1 amide bonds. The summed E-state index contributed by atoms with van der Waals surface area (Å²) in [6.07, 6.45) is 11.9. The van der Waals surface area contributed by atoms with Crippen molar-refractivity contribution in [2.24, 2.45) is 0 Å². The van der Waals surface area contributed by atoms with Crippen LogP contribution in [0.25, 0.3) is 17.1 Å². The van der Waals surface area contributed by atoms with Gasteiger partial charge in [0.1, 0.15) is 12.7 Å². The molecule has 0 saturated heterocycles. The molecule has 0 fully saturated rings. The number of para-hydroxylation sites is 1. The van der Waals surface area contributed by atoms with E-state index in [2.05, 4.69) is 20.3 Å². The zero-order valence-electron chi connectivity index (χ0n) is 14.2. The molecule has 0 aliphatic rings. The molecule has 0 aliphatic carbocycles. The van der Waals surface area contributed by atoms with Gasteiger partial charge in [-0.25, -0.2) is 15.0 Å². The average molecular weight is 349 g/mol. The van der Waals surface area contributed by atoms with Crippen LogP contribution in [0.2, 0.25) is 0 Å². The number of rotatable bonds is 7. The first kappa shape index (κ1) is 17.5. The number of fused-ring (bicyclic) bond motifs is 1. The van der Waals surface area contributed by atoms with Crippen molar-refractivity contribution in [3.63, 3.8) is 0 Å². The Hall–Kier alpha value is -3.35. The second-order valence-corrected chi connectivity index (χ2v) is 5.78. The highest BCUT2D eigenvalue weighted by Crippen LogP contribution is 2.04. The van der Waals surface area contributed by atoms with E-state index in [0.717, 1.165) is 24.8 Å². The Morgan fingerprint density at radius 2 is 1.96 bits per heavy atom. The molecular weight excluding hydrogens is 330 g/mol. The van der Waals surface area contributed by atoms with Crippen LogP contribution < -0.4 is 10.9 Å². The van der Waals surface area contributed by atoms with E-state index >= 15 is 0 Å². The molecule has 1 N–H and O–H groups in total. The fourth-order valence-corrected chi connectivity index (χ4v) is 2.52. The van der Waals surface area contributed by atoms with E-state index in [0.29, 0.717) is 17.4 Å². The smallest absolute Gasteiger partial charge is 0.265 e. The van der Waals surface area contributed by atoms with Gasteiger partial charge in [-0.3, -0.25) is 14.2 Å². The van der Waals surface area contributed by atoms with Gasteiger partial charge in [-0.2, -0.15) is 0 Å². The third-order valence-electron chi connectivity index (χ3n) is 3.88. The van der Waals surface area contributed by atoms with Gasteiger partial charge in [0.2, 0.25) is 5.91 Å². The predicted octanol–water partition coefficient (Wildman–Crippen LogP) is 1.80. The number of aromatic nitrogens is 4. The summed E-state index contributed by atoms with van der Waals surface area (Å²) in [5.41, 5.74) is 1.52. The molecule has 0 bridgehead atoms. The Balaban J connectivity index is 1.47. The molecule has 2 aromatic heterocycles. The maximum absolute atomic E-state index is 12.3. The van der Waals surface area contributed by atoms with Crippen molar-refractivity contribution in [1.29, 1.82) is 0 Å². The van der Waals surface area contributed by atoms with E-state index in [1.807, 2.05) is 6.07 Å². The zero-order valence-corrected chi connectivity index (χ0v) is 14.2. The Morgan fingerprint density at radius 3 is 2.81 bits per heavy atom. The molecule has 0 atom stereocenters. The van der Waals surface area contributed by atoms with E-state index in [-0.39, 0.29) is 11.5 Å². The van der Waals surface area contributed by atoms with Gasteiger partial charge in [-0.05, 0) is 37.0 Å². The van der Waals surface area contributed by atoms with Crippen LogP contribution in [0.4, 0.5) is 0 Å². The molecule has 3 aromatic rings. The lowest BCUT2D eigenvalue weighted by atomic mass is 10.1. The number of nitrogens with zero attached hydrogens (tertiary/aromatic N) is 4. The lowest BCUT2D eigenvalue weighted by Gasteiger charge is -2.03. The summed E-state index contributed by atoms with van der Waals surface area (Å²) in [7, 11) is 0. The summed E-state index contributed by atoms with van der Waals surface area (Å²) < 4.78 is 1.30. The second kappa shape index (κ2) is 8.66. The molecule has 0 radical (unpaired) electrons. The first-order valence-corrected chi connectivity index (χ1v) is 8.40. The molecule has 132 valence electrons. The molecular formula is C19H19N5O2.